The Balaban J connectivity index is 1.69. The number of piperazine rings is 1. The fourth-order valence-corrected chi connectivity index (χ4v) is 6.94. The third-order valence-electron chi connectivity index (χ3n) is 8.13. The van der Waals surface area contributed by atoms with Gasteiger partial charge in [-0.1, -0.05) is 26.5 Å². The Labute approximate surface area is 258 Å². The van der Waals surface area contributed by atoms with Crippen molar-refractivity contribution in [2.75, 3.05) is 35.6 Å². The fraction of sp³-hybridized carbons (Fsp3) is 0.344. The lowest BCUT2D eigenvalue weighted by molar-refractivity contribution is -0.128. The first-order valence-corrected chi connectivity index (χ1v) is 15.6. The molecule has 44 heavy (non-hydrogen) atoms. The number of fused-ring (bicyclic) bond motifs is 5. The van der Waals surface area contributed by atoms with Crippen molar-refractivity contribution in [2.24, 2.45) is 0 Å². The van der Waals surface area contributed by atoms with Gasteiger partial charge in [-0.05, 0) is 50.1 Å². The van der Waals surface area contributed by atoms with Crippen LogP contribution in [0.3, 0.4) is 0 Å². The maximum Gasteiger partial charge on any atom is 0.355 e. The van der Waals surface area contributed by atoms with Gasteiger partial charge < -0.3 is 15.1 Å². The molecular formula is C32H33F2N7O2S. The number of nitrogens with zero attached hydrogens (tertiary/aromatic N) is 6. The molecule has 6 rings (SSSR count). The maximum absolute atomic E-state index is 16.2. The Morgan fingerprint density at radius 2 is 1.93 bits per heavy atom. The summed E-state index contributed by atoms with van der Waals surface area (Å²) in [7, 11) is 0. The van der Waals surface area contributed by atoms with Gasteiger partial charge in [-0.2, -0.15) is 4.98 Å². The lowest BCUT2D eigenvalue weighted by Crippen LogP contribution is -2.58. The summed E-state index contributed by atoms with van der Waals surface area (Å²) in [6, 6.07) is 7.16. The van der Waals surface area contributed by atoms with Gasteiger partial charge in [0.05, 0.1) is 22.3 Å². The van der Waals surface area contributed by atoms with Crippen molar-refractivity contribution in [3.63, 3.8) is 0 Å². The van der Waals surface area contributed by atoms with Crippen LogP contribution >= 0.6 is 11.8 Å². The van der Waals surface area contributed by atoms with E-state index in [1.54, 1.807) is 23.2 Å². The molecule has 2 aliphatic rings. The molecule has 5 heterocycles. The molecule has 0 aliphatic carbocycles. The molecule has 0 radical (unpaired) electrons. The fourth-order valence-electron chi connectivity index (χ4n) is 6.02. The number of carbonyl (C=O) groups excluding carboxylic acids is 1. The second kappa shape index (κ2) is 11.6. The molecule has 0 unspecified atom stereocenters. The van der Waals surface area contributed by atoms with Crippen molar-refractivity contribution < 1.29 is 13.6 Å². The highest BCUT2D eigenvalue weighted by atomic mass is 32.2. The molecule has 9 nitrogen and oxygen atoms in total. The lowest BCUT2D eigenvalue weighted by atomic mass is 10.0. The molecule has 0 spiro atoms. The van der Waals surface area contributed by atoms with Crippen molar-refractivity contribution in [3.05, 3.63) is 77.0 Å². The van der Waals surface area contributed by atoms with Crippen molar-refractivity contribution in [3.8, 4) is 16.9 Å². The average molecular weight is 618 g/mol. The van der Waals surface area contributed by atoms with Crippen molar-refractivity contribution >= 4 is 40.2 Å². The van der Waals surface area contributed by atoms with Crippen LogP contribution in [0.4, 0.5) is 20.3 Å². The van der Waals surface area contributed by atoms with Gasteiger partial charge in [0.15, 0.2) is 11.5 Å². The van der Waals surface area contributed by atoms with Crippen LogP contribution in [0.5, 0.6) is 0 Å². The van der Waals surface area contributed by atoms with Crippen LogP contribution in [-0.2, 0) is 4.79 Å². The van der Waals surface area contributed by atoms with Crippen molar-refractivity contribution in [2.45, 2.75) is 50.6 Å². The lowest BCUT2D eigenvalue weighted by Gasteiger charge is -2.44. The number of anilines is 2. The molecule has 12 heteroatoms. The maximum atomic E-state index is 16.2. The zero-order valence-electron chi connectivity index (χ0n) is 25.0. The van der Waals surface area contributed by atoms with E-state index in [2.05, 4.69) is 21.9 Å². The van der Waals surface area contributed by atoms with Gasteiger partial charge in [0, 0.05) is 54.3 Å². The number of pyridine rings is 2. The molecule has 4 aromatic rings. The minimum Gasteiger partial charge on any atom is -0.384 e. The monoisotopic (exact) mass is 617 g/mol. The molecule has 1 saturated heterocycles. The molecule has 1 amide bonds. The standard InChI is InChI=1S/C32H33F2N7O2S/c1-6-25(42)39-15-19(5)40(16-18(39)4)30-20-14-22(34)28-26-21(33)8-7-9-23(26)35-12-13-44-24-10-11-36-27(17(2)3)29(24)41(31(20)37-28)32(43)38-30/h6-11,14,17-19,35H,1,12-13,15-16H2,2-5H3/t18-,19+/m1/s1. The summed E-state index contributed by atoms with van der Waals surface area (Å²) in [5.74, 6) is -0.792. The van der Waals surface area contributed by atoms with Crippen LogP contribution in [0.15, 0.2) is 58.9 Å². The number of halogens is 2. The number of thioether (sulfide) groups is 1. The Hall–Kier alpha value is -4.32. The van der Waals surface area contributed by atoms with Gasteiger partial charge in [0.25, 0.3) is 0 Å². The van der Waals surface area contributed by atoms with Crippen LogP contribution in [-0.4, -0.2) is 67.8 Å². The van der Waals surface area contributed by atoms with Gasteiger partial charge in [0.1, 0.15) is 17.3 Å². The number of rotatable bonds is 3. The molecular weight excluding hydrogens is 584 g/mol. The van der Waals surface area contributed by atoms with Gasteiger partial charge in [-0.3, -0.25) is 9.78 Å². The number of amides is 1. The minimum atomic E-state index is -0.748. The Kier molecular flexibility index (Phi) is 7.87. The molecule has 1 N–H and O–H groups in total. The van der Waals surface area contributed by atoms with E-state index in [0.717, 1.165) is 4.90 Å². The molecule has 2 aliphatic heterocycles. The van der Waals surface area contributed by atoms with E-state index in [1.165, 1.54) is 34.5 Å². The van der Waals surface area contributed by atoms with E-state index in [0.29, 0.717) is 47.8 Å². The number of hydrogen-bond donors (Lipinski definition) is 1. The van der Waals surface area contributed by atoms with E-state index in [1.807, 2.05) is 38.7 Å². The number of nitrogens with one attached hydrogen (secondary N) is 1. The summed E-state index contributed by atoms with van der Waals surface area (Å²) in [6.07, 6.45) is 3.00. The summed E-state index contributed by atoms with van der Waals surface area (Å²) < 4.78 is 33.0. The molecule has 2 atom stereocenters. The van der Waals surface area contributed by atoms with Gasteiger partial charge in [-0.15, -0.1) is 11.8 Å². The van der Waals surface area contributed by atoms with E-state index >= 15 is 8.78 Å². The van der Waals surface area contributed by atoms with Gasteiger partial charge in [-0.25, -0.2) is 23.1 Å². The quantitative estimate of drug-likeness (QED) is 0.307. The smallest absolute Gasteiger partial charge is 0.355 e. The minimum absolute atomic E-state index is 0.0103. The summed E-state index contributed by atoms with van der Waals surface area (Å²) >= 11 is 1.53. The van der Waals surface area contributed by atoms with Crippen molar-refractivity contribution in [1.29, 1.82) is 0 Å². The van der Waals surface area contributed by atoms with E-state index in [9.17, 15) is 9.59 Å². The number of benzene rings is 1. The second-order valence-corrected chi connectivity index (χ2v) is 12.6. The largest absolute Gasteiger partial charge is 0.384 e. The normalized spacial score (nSPS) is 18.3. The van der Waals surface area contributed by atoms with Crippen LogP contribution in [0.2, 0.25) is 0 Å². The third kappa shape index (κ3) is 5.00. The van der Waals surface area contributed by atoms with E-state index in [4.69, 9.17) is 4.98 Å². The molecule has 1 aromatic carbocycles. The summed E-state index contributed by atoms with van der Waals surface area (Å²) in [5.41, 5.74) is 0.915. The average Bonchev–Trinajstić information content (AvgIpc) is 2.99. The Bertz CT molecular complexity index is 1860. The van der Waals surface area contributed by atoms with Crippen molar-refractivity contribution in [1.82, 2.24) is 24.4 Å². The van der Waals surface area contributed by atoms with Gasteiger partial charge >= 0.3 is 5.69 Å². The van der Waals surface area contributed by atoms with Crippen LogP contribution in [0.1, 0.15) is 39.3 Å². The molecule has 0 saturated carbocycles. The van der Waals surface area contributed by atoms with Crippen LogP contribution < -0.4 is 15.9 Å². The third-order valence-corrected chi connectivity index (χ3v) is 9.18. The first-order valence-electron chi connectivity index (χ1n) is 14.6. The second-order valence-electron chi connectivity index (χ2n) is 11.4. The number of hydrogen-bond acceptors (Lipinski definition) is 8. The summed E-state index contributed by atoms with van der Waals surface area (Å²) in [6.45, 7) is 12.6. The highest BCUT2D eigenvalue weighted by Crippen LogP contribution is 2.38. The SMILES string of the molecule is C=CC(=O)N1C[C@H](C)N(c2nc(=O)n3c4nc(c(F)cc24)-c2c(F)cccc2NCCSc2ccnc(C(C)C)c2-3)C[C@H]1C. The van der Waals surface area contributed by atoms with Gasteiger partial charge in [0.2, 0.25) is 5.91 Å². The first kappa shape index (κ1) is 29.7. The molecule has 228 valence electrons. The number of carbonyl (C=O) groups is 1. The molecule has 2 bridgehead atoms. The zero-order chi connectivity index (χ0) is 31.3. The topological polar surface area (TPSA) is 96.3 Å². The summed E-state index contributed by atoms with van der Waals surface area (Å²) in [5, 5.41) is 3.54. The first-order chi connectivity index (χ1) is 21.1. The summed E-state index contributed by atoms with van der Waals surface area (Å²) in [4.78, 5) is 45.0. The molecule has 1 fully saturated rings. The van der Waals surface area contributed by atoms with Crippen LogP contribution in [0, 0.1) is 11.6 Å². The highest BCUT2D eigenvalue weighted by molar-refractivity contribution is 7.99. The van der Waals surface area contributed by atoms with E-state index < -0.39 is 17.3 Å². The predicted octanol–water partition coefficient (Wildman–Crippen LogP) is 5.37. The predicted molar refractivity (Wildman–Crippen MR) is 170 cm³/mol. The van der Waals surface area contributed by atoms with E-state index in [-0.39, 0.29) is 46.6 Å². The Morgan fingerprint density at radius 3 is 2.68 bits per heavy atom. The Morgan fingerprint density at radius 1 is 1.14 bits per heavy atom. The van der Waals surface area contributed by atoms with Crippen LogP contribution in [0.25, 0.3) is 28.0 Å². The molecule has 3 aromatic heterocycles. The highest BCUT2D eigenvalue weighted by Gasteiger charge is 2.34. The zero-order valence-corrected chi connectivity index (χ0v) is 25.8. The number of aromatic nitrogens is 4.